The normalized spacial score (nSPS) is 10.9. The summed E-state index contributed by atoms with van der Waals surface area (Å²) in [5.41, 5.74) is -0.876. The zero-order valence-corrected chi connectivity index (χ0v) is 10.9. The van der Waals surface area contributed by atoms with Gasteiger partial charge in [-0.3, -0.25) is 0 Å². The third kappa shape index (κ3) is 3.67. The molecule has 0 saturated heterocycles. The zero-order valence-electron chi connectivity index (χ0n) is 10.1. The van der Waals surface area contributed by atoms with E-state index in [4.69, 9.17) is 12.2 Å². The van der Waals surface area contributed by atoms with Crippen molar-refractivity contribution in [3.8, 4) is 0 Å². The summed E-state index contributed by atoms with van der Waals surface area (Å²) >= 11 is 4.97. The first kappa shape index (κ1) is 14.3. The molecule has 2 N–H and O–H groups in total. The van der Waals surface area contributed by atoms with Crippen molar-refractivity contribution in [2.24, 2.45) is 0 Å². The van der Waals surface area contributed by atoms with Gasteiger partial charge in [-0.25, -0.2) is 4.98 Å². The van der Waals surface area contributed by atoms with Gasteiger partial charge >= 0.3 is 6.18 Å². The van der Waals surface area contributed by atoms with Gasteiger partial charge in [0.15, 0.2) is 5.11 Å². The first-order valence-electron chi connectivity index (χ1n) is 5.62. The standard InChI is InChI=1S/C13H10F3N3S/c14-13(15,16)9-5-1-2-6-10(9)18-12(20)19-11-7-3-4-8-17-11/h1-8H,(H2,17,18,19,20). The Kier molecular flexibility index (Phi) is 4.19. The number of nitrogens with one attached hydrogen (secondary N) is 2. The van der Waals surface area contributed by atoms with Crippen molar-refractivity contribution in [3.63, 3.8) is 0 Å². The van der Waals surface area contributed by atoms with Crippen molar-refractivity contribution < 1.29 is 13.2 Å². The number of alkyl halides is 3. The highest BCUT2D eigenvalue weighted by atomic mass is 32.1. The summed E-state index contributed by atoms with van der Waals surface area (Å²) in [6.07, 6.45) is -2.89. The molecule has 1 aromatic heterocycles. The predicted octanol–water partition coefficient (Wildman–Crippen LogP) is 3.91. The fourth-order valence-electron chi connectivity index (χ4n) is 1.55. The SMILES string of the molecule is FC(F)(F)c1ccccc1NC(=S)Nc1ccccn1. The molecule has 0 spiro atoms. The second kappa shape index (κ2) is 5.87. The van der Waals surface area contributed by atoms with E-state index in [2.05, 4.69) is 15.6 Å². The van der Waals surface area contributed by atoms with Crippen molar-refractivity contribution in [2.75, 3.05) is 10.6 Å². The lowest BCUT2D eigenvalue weighted by molar-refractivity contribution is -0.136. The van der Waals surface area contributed by atoms with Crippen LogP contribution in [0, 0.1) is 0 Å². The second-order valence-electron chi connectivity index (χ2n) is 3.84. The third-order valence-electron chi connectivity index (χ3n) is 2.39. The molecular formula is C13H10F3N3S. The quantitative estimate of drug-likeness (QED) is 0.824. The lowest BCUT2D eigenvalue weighted by Gasteiger charge is -2.15. The van der Waals surface area contributed by atoms with Crippen LogP contribution in [0.3, 0.4) is 0 Å². The van der Waals surface area contributed by atoms with E-state index in [1.165, 1.54) is 18.2 Å². The highest BCUT2D eigenvalue weighted by molar-refractivity contribution is 7.80. The number of aromatic nitrogens is 1. The zero-order chi connectivity index (χ0) is 14.6. The Morgan fingerprint density at radius 3 is 2.35 bits per heavy atom. The molecule has 7 heteroatoms. The van der Waals surface area contributed by atoms with E-state index in [1.54, 1.807) is 24.4 Å². The number of thiocarbonyl (C=S) groups is 1. The van der Waals surface area contributed by atoms with Crippen LogP contribution in [0.4, 0.5) is 24.7 Å². The van der Waals surface area contributed by atoms with Gasteiger partial charge < -0.3 is 10.6 Å². The second-order valence-corrected chi connectivity index (χ2v) is 4.25. The van der Waals surface area contributed by atoms with Crippen molar-refractivity contribution in [2.45, 2.75) is 6.18 Å². The maximum atomic E-state index is 12.8. The van der Waals surface area contributed by atoms with E-state index < -0.39 is 11.7 Å². The summed E-state index contributed by atoms with van der Waals surface area (Å²) < 4.78 is 38.4. The highest BCUT2D eigenvalue weighted by Gasteiger charge is 2.33. The van der Waals surface area contributed by atoms with E-state index in [0.29, 0.717) is 5.82 Å². The van der Waals surface area contributed by atoms with Crippen molar-refractivity contribution >= 4 is 28.8 Å². The molecule has 104 valence electrons. The topological polar surface area (TPSA) is 37.0 Å². The van der Waals surface area contributed by atoms with Crippen LogP contribution in [0.15, 0.2) is 48.7 Å². The van der Waals surface area contributed by atoms with Gasteiger partial charge in [-0.05, 0) is 36.5 Å². The van der Waals surface area contributed by atoms with Gasteiger partial charge in [-0.15, -0.1) is 0 Å². The number of halogens is 3. The van der Waals surface area contributed by atoms with Gasteiger partial charge in [-0.2, -0.15) is 13.2 Å². The average molecular weight is 297 g/mol. The minimum Gasteiger partial charge on any atom is -0.332 e. The molecule has 20 heavy (non-hydrogen) atoms. The lowest BCUT2D eigenvalue weighted by Crippen LogP contribution is -2.22. The molecule has 0 bridgehead atoms. The Labute approximate surface area is 118 Å². The third-order valence-corrected chi connectivity index (χ3v) is 2.59. The van der Waals surface area contributed by atoms with E-state index >= 15 is 0 Å². The summed E-state index contributed by atoms with van der Waals surface area (Å²) in [4.78, 5) is 3.97. The molecule has 0 amide bonds. The molecule has 2 rings (SSSR count). The van der Waals surface area contributed by atoms with E-state index in [-0.39, 0.29) is 10.8 Å². The van der Waals surface area contributed by atoms with Crippen molar-refractivity contribution in [1.82, 2.24) is 4.98 Å². The summed E-state index contributed by atoms with van der Waals surface area (Å²) in [7, 11) is 0. The molecule has 0 atom stereocenters. The van der Waals surface area contributed by atoms with E-state index in [9.17, 15) is 13.2 Å². The van der Waals surface area contributed by atoms with Gasteiger partial charge in [0.1, 0.15) is 5.82 Å². The fraction of sp³-hybridized carbons (Fsp3) is 0.0769. The number of anilines is 2. The van der Waals surface area contributed by atoms with Crippen molar-refractivity contribution in [1.29, 1.82) is 0 Å². The van der Waals surface area contributed by atoms with Crippen LogP contribution in [0.25, 0.3) is 0 Å². The largest absolute Gasteiger partial charge is 0.418 e. The van der Waals surface area contributed by atoms with Crippen LogP contribution in [0.5, 0.6) is 0 Å². The number of benzene rings is 1. The van der Waals surface area contributed by atoms with Gasteiger partial charge in [0, 0.05) is 6.20 Å². The van der Waals surface area contributed by atoms with Crippen LogP contribution in [0.2, 0.25) is 0 Å². The highest BCUT2D eigenvalue weighted by Crippen LogP contribution is 2.34. The Morgan fingerprint density at radius 2 is 1.70 bits per heavy atom. The Bertz CT molecular complexity index is 599. The molecule has 0 radical (unpaired) electrons. The minimum absolute atomic E-state index is 0.0420. The molecule has 0 saturated carbocycles. The molecule has 1 heterocycles. The molecule has 0 unspecified atom stereocenters. The van der Waals surface area contributed by atoms with Crippen molar-refractivity contribution in [3.05, 3.63) is 54.2 Å². The Balaban J connectivity index is 2.13. The Morgan fingerprint density at radius 1 is 1.00 bits per heavy atom. The van der Waals surface area contributed by atoms with Crippen LogP contribution >= 0.6 is 12.2 Å². The van der Waals surface area contributed by atoms with Gasteiger partial charge in [0.05, 0.1) is 11.3 Å². The van der Waals surface area contributed by atoms with Crippen LogP contribution in [0.1, 0.15) is 5.56 Å². The number of nitrogens with zero attached hydrogens (tertiary/aromatic N) is 1. The molecule has 0 aliphatic carbocycles. The molecule has 0 fully saturated rings. The van der Waals surface area contributed by atoms with Gasteiger partial charge in [0.2, 0.25) is 0 Å². The maximum absolute atomic E-state index is 12.8. The molecule has 2 aromatic rings. The van der Waals surface area contributed by atoms with Crippen LogP contribution in [-0.2, 0) is 6.18 Å². The molecule has 3 nitrogen and oxygen atoms in total. The smallest absolute Gasteiger partial charge is 0.332 e. The van der Waals surface area contributed by atoms with E-state index in [1.807, 2.05) is 0 Å². The maximum Gasteiger partial charge on any atom is 0.418 e. The number of rotatable bonds is 2. The monoisotopic (exact) mass is 297 g/mol. The average Bonchev–Trinajstić information content (AvgIpc) is 2.39. The Hall–Kier alpha value is -2.15. The molecular weight excluding hydrogens is 287 g/mol. The lowest BCUT2D eigenvalue weighted by atomic mass is 10.2. The number of pyridine rings is 1. The van der Waals surface area contributed by atoms with Crippen LogP contribution < -0.4 is 10.6 Å². The number of hydrogen-bond acceptors (Lipinski definition) is 2. The van der Waals surface area contributed by atoms with Gasteiger partial charge in [0.25, 0.3) is 0 Å². The number of hydrogen-bond donors (Lipinski definition) is 2. The summed E-state index contributed by atoms with van der Waals surface area (Å²) in [6, 6.07) is 10.2. The predicted molar refractivity (Wildman–Crippen MR) is 75.5 cm³/mol. The molecule has 0 aliphatic rings. The molecule has 0 aliphatic heterocycles. The minimum atomic E-state index is -4.44. The first-order valence-corrected chi connectivity index (χ1v) is 6.03. The molecule has 1 aromatic carbocycles. The summed E-state index contributed by atoms with van der Waals surface area (Å²) in [6.45, 7) is 0. The summed E-state index contributed by atoms with van der Waals surface area (Å²) in [5, 5.41) is 5.28. The van der Waals surface area contributed by atoms with E-state index in [0.717, 1.165) is 6.07 Å². The fourth-order valence-corrected chi connectivity index (χ4v) is 1.76. The summed E-state index contributed by atoms with van der Waals surface area (Å²) in [5.74, 6) is 0.453. The van der Waals surface area contributed by atoms with Gasteiger partial charge in [-0.1, -0.05) is 18.2 Å². The van der Waals surface area contributed by atoms with Crippen LogP contribution in [-0.4, -0.2) is 10.1 Å². The number of para-hydroxylation sites is 1. The first-order chi connectivity index (χ1) is 9.47.